The summed E-state index contributed by atoms with van der Waals surface area (Å²) in [6, 6.07) is 7.50. The second-order valence-corrected chi connectivity index (χ2v) is 7.31. The van der Waals surface area contributed by atoms with E-state index in [1.54, 1.807) is 13.8 Å². The van der Waals surface area contributed by atoms with Gasteiger partial charge in [0.2, 0.25) is 0 Å². The number of carbonyl (C=O) groups excluding carboxylic acids is 1. The molecule has 3 rings (SSSR count). The standard InChI is InChI=1S/C18H26N2O3/c1-17(22)12-20(13-18(17,2)23)15-8-6-7-14(11-15)16(21)19-9-4-3-5-10-19/h6-8,11,22-23H,3-5,9-10,12-13H2,1-2H3. The zero-order chi connectivity index (χ0) is 16.7. The van der Waals surface area contributed by atoms with Crippen molar-refractivity contribution < 1.29 is 15.0 Å². The molecular weight excluding hydrogens is 292 g/mol. The van der Waals surface area contributed by atoms with Gasteiger partial charge in [0.1, 0.15) is 11.2 Å². The van der Waals surface area contributed by atoms with Crippen LogP contribution in [0.1, 0.15) is 43.5 Å². The summed E-state index contributed by atoms with van der Waals surface area (Å²) in [7, 11) is 0. The van der Waals surface area contributed by atoms with Gasteiger partial charge >= 0.3 is 0 Å². The van der Waals surface area contributed by atoms with Crippen LogP contribution in [0.15, 0.2) is 24.3 Å². The van der Waals surface area contributed by atoms with Crippen molar-refractivity contribution in [3.05, 3.63) is 29.8 Å². The fraction of sp³-hybridized carbons (Fsp3) is 0.611. The van der Waals surface area contributed by atoms with Crippen LogP contribution in [0.5, 0.6) is 0 Å². The smallest absolute Gasteiger partial charge is 0.253 e. The monoisotopic (exact) mass is 318 g/mol. The van der Waals surface area contributed by atoms with Crippen LogP contribution in [0, 0.1) is 0 Å². The molecule has 0 saturated carbocycles. The summed E-state index contributed by atoms with van der Waals surface area (Å²) in [5.41, 5.74) is -0.791. The van der Waals surface area contributed by atoms with Crippen molar-refractivity contribution in [3.8, 4) is 0 Å². The minimum absolute atomic E-state index is 0.0734. The Hall–Kier alpha value is -1.59. The van der Waals surface area contributed by atoms with Crippen molar-refractivity contribution in [3.63, 3.8) is 0 Å². The van der Waals surface area contributed by atoms with Gasteiger partial charge < -0.3 is 20.0 Å². The van der Waals surface area contributed by atoms with Crippen LogP contribution < -0.4 is 4.90 Å². The third-order valence-corrected chi connectivity index (χ3v) is 5.26. The maximum absolute atomic E-state index is 12.6. The van der Waals surface area contributed by atoms with Gasteiger partial charge in [-0.2, -0.15) is 0 Å². The normalized spacial score (nSPS) is 31.5. The molecule has 0 aromatic heterocycles. The Morgan fingerprint density at radius 3 is 2.26 bits per heavy atom. The summed E-state index contributed by atoms with van der Waals surface area (Å²) in [5.74, 6) is 0.0734. The maximum atomic E-state index is 12.6. The molecule has 2 heterocycles. The molecule has 2 saturated heterocycles. The molecule has 126 valence electrons. The van der Waals surface area contributed by atoms with Gasteiger partial charge in [-0.1, -0.05) is 6.07 Å². The molecule has 1 aromatic carbocycles. The summed E-state index contributed by atoms with van der Waals surface area (Å²) in [4.78, 5) is 16.5. The summed E-state index contributed by atoms with van der Waals surface area (Å²) in [6.07, 6.45) is 3.34. The van der Waals surface area contributed by atoms with Crippen LogP contribution in [-0.4, -0.2) is 58.4 Å². The number of anilines is 1. The molecular formula is C18H26N2O3. The molecule has 2 aliphatic rings. The van der Waals surface area contributed by atoms with Crippen LogP contribution >= 0.6 is 0 Å². The van der Waals surface area contributed by atoms with E-state index in [2.05, 4.69) is 0 Å². The Morgan fingerprint density at radius 2 is 1.65 bits per heavy atom. The minimum atomic E-state index is -1.17. The van der Waals surface area contributed by atoms with Crippen LogP contribution in [-0.2, 0) is 0 Å². The van der Waals surface area contributed by atoms with E-state index in [9.17, 15) is 15.0 Å². The second-order valence-electron chi connectivity index (χ2n) is 7.31. The molecule has 2 unspecified atom stereocenters. The first-order chi connectivity index (χ1) is 10.8. The number of aliphatic hydroxyl groups is 2. The van der Waals surface area contributed by atoms with Crippen molar-refractivity contribution in [2.24, 2.45) is 0 Å². The quantitative estimate of drug-likeness (QED) is 0.870. The lowest BCUT2D eigenvalue weighted by atomic mass is 9.90. The Morgan fingerprint density at radius 1 is 1.04 bits per heavy atom. The molecule has 1 aromatic rings. The van der Waals surface area contributed by atoms with E-state index in [1.807, 2.05) is 34.1 Å². The van der Waals surface area contributed by atoms with Gasteiger partial charge in [-0.15, -0.1) is 0 Å². The number of nitrogens with zero attached hydrogens (tertiary/aromatic N) is 2. The van der Waals surface area contributed by atoms with Crippen LogP contribution in [0.25, 0.3) is 0 Å². The van der Waals surface area contributed by atoms with Crippen molar-refractivity contribution in [2.45, 2.75) is 44.3 Å². The number of benzene rings is 1. The number of amides is 1. The average Bonchev–Trinajstić information content (AvgIpc) is 2.76. The van der Waals surface area contributed by atoms with E-state index in [0.29, 0.717) is 18.7 Å². The number of carbonyl (C=O) groups is 1. The third kappa shape index (κ3) is 3.08. The number of hydrogen-bond donors (Lipinski definition) is 2. The number of β-amino-alcohol motifs (C(OH)–C–C–N with tert-alkyl or cyclic N) is 2. The number of piperidine rings is 1. The number of likely N-dealkylation sites (tertiary alicyclic amines) is 1. The SMILES string of the molecule is CC1(O)CN(c2cccc(C(=O)N3CCCCC3)c2)CC1(C)O. The topological polar surface area (TPSA) is 64.0 Å². The Labute approximate surface area is 137 Å². The van der Waals surface area contributed by atoms with E-state index in [0.717, 1.165) is 31.6 Å². The molecule has 5 heteroatoms. The van der Waals surface area contributed by atoms with E-state index in [-0.39, 0.29) is 5.91 Å². The summed E-state index contributed by atoms with van der Waals surface area (Å²) in [6.45, 7) is 5.65. The molecule has 0 bridgehead atoms. The molecule has 2 aliphatic heterocycles. The highest BCUT2D eigenvalue weighted by molar-refractivity contribution is 5.95. The summed E-state index contributed by atoms with van der Waals surface area (Å²) < 4.78 is 0. The number of rotatable bonds is 2. The second kappa shape index (κ2) is 5.80. The van der Waals surface area contributed by atoms with Crippen molar-refractivity contribution in [1.82, 2.24) is 4.90 Å². The van der Waals surface area contributed by atoms with Crippen molar-refractivity contribution in [2.75, 3.05) is 31.1 Å². The lowest BCUT2D eigenvalue weighted by Crippen LogP contribution is -2.48. The first-order valence-corrected chi connectivity index (χ1v) is 8.39. The lowest BCUT2D eigenvalue weighted by molar-refractivity contribution is -0.0935. The van der Waals surface area contributed by atoms with Crippen LogP contribution in [0.2, 0.25) is 0 Å². The number of hydrogen-bond acceptors (Lipinski definition) is 4. The fourth-order valence-corrected chi connectivity index (χ4v) is 3.44. The molecule has 23 heavy (non-hydrogen) atoms. The van der Waals surface area contributed by atoms with Crippen LogP contribution in [0.4, 0.5) is 5.69 Å². The van der Waals surface area contributed by atoms with Crippen LogP contribution in [0.3, 0.4) is 0 Å². The maximum Gasteiger partial charge on any atom is 0.253 e. The Balaban J connectivity index is 1.79. The molecule has 0 aliphatic carbocycles. The highest BCUT2D eigenvalue weighted by atomic mass is 16.4. The van der Waals surface area contributed by atoms with E-state index < -0.39 is 11.2 Å². The predicted octanol–water partition coefficient (Wildman–Crippen LogP) is 1.63. The molecule has 1 amide bonds. The van der Waals surface area contributed by atoms with Gasteiger partial charge in [-0.3, -0.25) is 4.79 Å². The Kier molecular flexibility index (Phi) is 4.10. The zero-order valence-corrected chi connectivity index (χ0v) is 14.0. The molecule has 5 nitrogen and oxygen atoms in total. The van der Waals surface area contributed by atoms with Gasteiger partial charge in [0.25, 0.3) is 5.91 Å². The van der Waals surface area contributed by atoms with Gasteiger partial charge in [-0.25, -0.2) is 0 Å². The van der Waals surface area contributed by atoms with Gasteiger partial charge in [0.15, 0.2) is 0 Å². The van der Waals surface area contributed by atoms with Gasteiger partial charge in [0.05, 0.1) is 0 Å². The lowest BCUT2D eigenvalue weighted by Gasteiger charge is -2.29. The fourth-order valence-electron chi connectivity index (χ4n) is 3.44. The predicted molar refractivity (Wildman–Crippen MR) is 89.7 cm³/mol. The average molecular weight is 318 g/mol. The molecule has 0 radical (unpaired) electrons. The van der Waals surface area contributed by atoms with Crippen molar-refractivity contribution in [1.29, 1.82) is 0 Å². The zero-order valence-electron chi connectivity index (χ0n) is 14.0. The highest BCUT2D eigenvalue weighted by Gasteiger charge is 2.50. The largest absolute Gasteiger partial charge is 0.385 e. The van der Waals surface area contributed by atoms with E-state index in [1.165, 1.54) is 6.42 Å². The highest BCUT2D eigenvalue weighted by Crippen LogP contribution is 2.34. The van der Waals surface area contributed by atoms with E-state index >= 15 is 0 Å². The Bertz CT molecular complexity index is 576. The summed E-state index contributed by atoms with van der Waals surface area (Å²) >= 11 is 0. The third-order valence-electron chi connectivity index (χ3n) is 5.26. The molecule has 2 fully saturated rings. The molecule has 2 N–H and O–H groups in total. The molecule has 0 spiro atoms. The van der Waals surface area contributed by atoms with E-state index in [4.69, 9.17) is 0 Å². The first kappa shape index (κ1) is 16.3. The van der Waals surface area contributed by atoms with Gasteiger partial charge in [-0.05, 0) is 51.3 Å². The van der Waals surface area contributed by atoms with Gasteiger partial charge in [0, 0.05) is 37.4 Å². The molecule has 2 atom stereocenters. The van der Waals surface area contributed by atoms with Crippen molar-refractivity contribution >= 4 is 11.6 Å². The first-order valence-electron chi connectivity index (χ1n) is 8.39. The summed E-state index contributed by atoms with van der Waals surface area (Å²) in [5, 5.41) is 20.7. The minimum Gasteiger partial charge on any atom is -0.385 e.